The van der Waals surface area contributed by atoms with Crippen LogP contribution in [0, 0.1) is 6.92 Å². The molecule has 0 spiro atoms. The first kappa shape index (κ1) is 22.0. The molecule has 2 N–H and O–H groups in total. The van der Waals surface area contributed by atoms with Crippen LogP contribution in [0.1, 0.15) is 17.1 Å². The van der Waals surface area contributed by atoms with E-state index in [1.165, 1.54) is 11.3 Å². The first-order valence-electron chi connectivity index (χ1n) is 10.6. The number of benzene rings is 1. The summed E-state index contributed by atoms with van der Waals surface area (Å²) in [6.07, 6.45) is 1.87. The molecule has 0 unspecified atom stereocenters. The normalized spacial score (nSPS) is 13.8. The summed E-state index contributed by atoms with van der Waals surface area (Å²) in [5, 5.41) is 0.528. The highest BCUT2D eigenvalue weighted by atomic mass is 79.9. The fraction of sp³-hybridized carbons (Fsp3) is 0.304. The van der Waals surface area contributed by atoms with Crippen molar-refractivity contribution in [1.29, 1.82) is 0 Å². The van der Waals surface area contributed by atoms with E-state index in [1.54, 1.807) is 0 Å². The Bertz CT molecular complexity index is 1340. The van der Waals surface area contributed by atoms with Crippen molar-refractivity contribution in [2.75, 3.05) is 37.9 Å². The van der Waals surface area contributed by atoms with Crippen molar-refractivity contribution < 1.29 is 4.74 Å². The zero-order chi connectivity index (χ0) is 23.1. The topological polar surface area (TPSA) is 93.3 Å². The Kier molecular flexibility index (Phi) is 5.90. The molecule has 8 nitrogen and oxygen atoms in total. The van der Waals surface area contributed by atoms with Crippen molar-refractivity contribution >= 4 is 48.6 Å². The number of halogens is 1. The van der Waals surface area contributed by atoms with Gasteiger partial charge in [-0.2, -0.15) is 0 Å². The van der Waals surface area contributed by atoms with Crippen molar-refractivity contribution in [1.82, 2.24) is 24.8 Å². The van der Waals surface area contributed by atoms with Gasteiger partial charge in [0.1, 0.15) is 34.3 Å². The molecule has 4 aromatic rings. The van der Waals surface area contributed by atoms with Crippen LogP contribution in [-0.4, -0.2) is 52.1 Å². The molecule has 0 saturated heterocycles. The van der Waals surface area contributed by atoms with Crippen molar-refractivity contribution in [3.8, 4) is 16.9 Å². The van der Waals surface area contributed by atoms with Crippen LogP contribution in [0.3, 0.4) is 0 Å². The highest BCUT2D eigenvalue weighted by molar-refractivity contribution is 9.10. The summed E-state index contributed by atoms with van der Waals surface area (Å²) in [5.41, 5.74) is 10.7. The average Bonchev–Trinajstić information content (AvgIpc) is 3.01. The van der Waals surface area contributed by atoms with E-state index in [9.17, 15) is 0 Å². The van der Waals surface area contributed by atoms with Gasteiger partial charge in [-0.25, -0.2) is 19.9 Å². The van der Waals surface area contributed by atoms with E-state index in [1.807, 2.05) is 39.3 Å². The van der Waals surface area contributed by atoms with E-state index >= 15 is 0 Å². The lowest BCUT2D eigenvalue weighted by atomic mass is 10.0. The summed E-state index contributed by atoms with van der Waals surface area (Å²) in [6, 6.07) is 8.29. The molecule has 33 heavy (non-hydrogen) atoms. The second-order valence-electron chi connectivity index (χ2n) is 8.29. The number of rotatable bonds is 4. The van der Waals surface area contributed by atoms with E-state index in [4.69, 9.17) is 15.5 Å². The van der Waals surface area contributed by atoms with Gasteiger partial charge in [0.05, 0.1) is 23.3 Å². The van der Waals surface area contributed by atoms with Gasteiger partial charge in [0, 0.05) is 23.9 Å². The summed E-state index contributed by atoms with van der Waals surface area (Å²) in [5.74, 6) is 2.59. The van der Waals surface area contributed by atoms with E-state index in [0.29, 0.717) is 24.8 Å². The summed E-state index contributed by atoms with van der Waals surface area (Å²) >= 11 is 5.11. The number of hydrogen-bond donors (Lipinski definition) is 1. The Morgan fingerprint density at radius 1 is 1.18 bits per heavy atom. The molecule has 0 fully saturated rings. The van der Waals surface area contributed by atoms with Crippen LogP contribution < -0.4 is 15.4 Å². The minimum Gasteiger partial charge on any atom is -0.491 e. The molecular weight excluding hydrogens is 502 g/mol. The number of pyridine rings is 1. The third-order valence-electron chi connectivity index (χ3n) is 5.44. The SMILES string of the molecule is Cc1nc(CN(C)C)nc(N2CCOc3ccc(-c4cnc5sc(N)nc5c4)cc3C2)c1Br. The predicted molar refractivity (Wildman–Crippen MR) is 136 cm³/mol. The molecule has 0 atom stereocenters. The number of aromatic nitrogens is 4. The van der Waals surface area contributed by atoms with Crippen LogP contribution >= 0.6 is 27.3 Å². The zero-order valence-corrected chi connectivity index (χ0v) is 21.1. The molecular formula is C23H24BrN7OS. The molecule has 1 aromatic carbocycles. The van der Waals surface area contributed by atoms with Gasteiger partial charge in [-0.05, 0) is 60.7 Å². The van der Waals surface area contributed by atoms with Gasteiger partial charge in [-0.3, -0.25) is 0 Å². The zero-order valence-electron chi connectivity index (χ0n) is 18.7. The molecule has 5 rings (SSSR count). The first-order chi connectivity index (χ1) is 15.9. The fourth-order valence-corrected chi connectivity index (χ4v) is 5.00. The Balaban J connectivity index is 1.50. The largest absolute Gasteiger partial charge is 0.491 e. The summed E-state index contributed by atoms with van der Waals surface area (Å²) in [6.45, 7) is 4.67. The van der Waals surface area contributed by atoms with Crippen LogP contribution in [-0.2, 0) is 13.1 Å². The lowest BCUT2D eigenvalue weighted by Crippen LogP contribution is -2.28. The molecule has 170 valence electrons. The van der Waals surface area contributed by atoms with Crippen molar-refractivity contribution in [2.45, 2.75) is 20.0 Å². The van der Waals surface area contributed by atoms with Gasteiger partial charge in [-0.15, -0.1) is 0 Å². The minimum atomic E-state index is 0.528. The maximum atomic E-state index is 6.08. The van der Waals surface area contributed by atoms with Crippen LogP contribution in [0.25, 0.3) is 21.5 Å². The van der Waals surface area contributed by atoms with Crippen LogP contribution in [0.5, 0.6) is 5.75 Å². The van der Waals surface area contributed by atoms with Gasteiger partial charge in [0.25, 0.3) is 0 Å². The van der Waals surface area contributed by atoms with Crippen molar-refractivity contribution in [3.05, 3.63) is 52.0 Å². The summed E-state index contributed by atoms with van der Waals surface area (Å²) in [7, 11) is 4.04. The molecule has 1 aliphatic heterocycles. The van der Waals surface area contributed by atoms with Crippen molar-refractivity contribution in [2.24, 2.45) is 0 Å². The summed E-state index contributed by atoms with van der Waals surface area (Å²) < 4.78 is 7.00. The second kappa shape index (κ2) is 8.85. The third kappa shape index (κ3) is 4.50. The standard InChI is InChI=1S/C23H24BrN7OS/c1-13-20(24)21(29-19(27-13)12-30(2)3)31-6-7-32-18-5-4-14(8-16(18)11-31)15-9-17-22(26-10-15)33-23(25)28-17/h4-5,8-10H,6-7,11-12H2,1-3H3,(H2,25,28). The van der Waals surface area contributed by atoms with Gasteiger partial charge in [-0.1, -0.05) is 17.4 Å². The first-order valence-corrected chi connectivity index (χ1v) is 12.2. The van der Waals surface area contributed by atoms with Crippen LogP contribution in [0.2, 0.25) is 0 Å². The number of nitrogens with two attached hydrogens (primary N) is 1. The Morgan fingerprint density at radius 2 is 2.03 bits per heavy atom. The molecule has 10 heteroatoms. The molecule has 4 heterocycles. The maximum absolute atomic E-state index is 6.08. The molecule has 0 saturated carbocycles. The molecule has 1 aliphatic rings. The van der Waals surface area contributed by atoms with Crippen LogP contribution in [0.15, 0.2) is 34.9 Å². The average molecular weight is 526 g/mol. The van der Waals surface area contributed by atoms with E-state index in [-0.39, 0.29) is 0 Å². The molecule has 0 aliphatic carbocycles. The monoisotopic (exact) mass is 525 g/mol. The molecule has 0 amide bonds. The second-order valence-corrected chi connectivity index (χ2v) is 10.1. The van der Waals surface area contributed by atoms with Gasteiger partial charge < -0.3 is 20.3 Å². The highest BCUT2D eigenvalue weighted by Gasteiger charge is 2.22. The maximum Gasteiger partial charge on any atom is 0.182 e. The number of nitrogen functional groups attached to an aromatic ring is 1. The van der Waals surface area contributed by atoms with Gasteiger partial charge >= 0.3 is 0 Å². The quantitative estimate of drug-likeness (QED) is 0.422. The molecule has 3 aromatic heterocycles. The number of thiazole rings is 1. The van der Waals surface area contributed by atoms with Gasteiger partial charge in [0.2, 0.25) is 0 Å². The van der Waals surface area contributed by atoms with Crippen molar-refractivity contribution in [3.63, 3.8) is 0 Å². The molecule has 0 bridgehead atoms. The predicted octanol–water partition coefficient (Wildman–Crippen LogP) is 4.26. The Morgan fingerprint density at radius 3 is 2.85 bits per heavy atom. The smallest absolute Gasteiger partial charge is 0.182 e. The lowest BCUT2D eigenvalue weighted by molar-refractivity contribution is 0.331. The van der Waals surface area contributed by atoms with Gasteiger partial charge in [0.15, 0.2) is 5.13 Å². The molecule has 0 radical (unpaired) electrons. The number of anilines is 2. The number of ether oxygens (including phenoxy) is 1. The third-order valence-corrected chi connectivity index (χ3v) is 7.18. The highest BCUT2D eigenvalue weighted by Crippen LogP contribution is 2.34. The minimum absolute atomic E-state index is 0.528. The number of hydrogen-bond acceptors (Lipinski definition) is 9. The lowest BCUT2D eigenvalue weighted by Gasteiger charge is -2.24. The van der Waals surface area contributed by atoms with E-state index in [0.717, 1.165) is 61.1 Å². The number of aryl methyl sites for hydroxylation is 1. The Hall–Kier alpha value is -2.82. The van der Waals surface area contributed by atoms with Crippen LogP contribution in [0.4, 0.5) is 10.9 Å². The number of nitrogens with zero attached hydrogens (tertiary/aromatic N) is 6. The van der Waals surface area contributed by atoms with E-state index < -0.39 is 0 Å². The fourth-order valence-electron chi connectivity index (χ4n) is 3.92. The number of fused-ring (bicyclic) bond motifs is 2. The summed E-state index contributed by atoms with van der Waals surface area (Å²) in [4.78, 5) is 23.6. The van der Waals surface area contributed by atoms with E-state index in [2.05, 4.69) is 52.8 Å². The Labute approximate surface area is 204 Å².